The number of benzene rings is 1. The topological polar surface area (TPSA) is 77.6 Å². The molecule has 3 amide bonds. The summed E-state index contributed by atoms with van der Waals surface area (Å²) in [6, 6.07) is 11.1. The molecule has 3 aliphatic heterocycles. The number of hydrogen-bond donors (Lipinski definition) is 2. The zero-order chi connectivity index (χ0) is 21.2. The van der Waals surface area contributed by atoms with E-state index in [0.29, 0.717) is 17.1 Å². The van der Waals surface area contributed by atoms with Crippen molar-refractivity contribution in [2.24, 2.45) is 0 Å². The van der Waals surface area contributed by atoms with Gasteiger partial charge in [0.1, 0.15) is 5.82 Å². The Morgan fingerprint density at radius 2 is 1.77 bits per heavy atom. The molecule has 0 bridgehead atoms. The Morgan fingerprint density at radius 1 is 0.968 bits per heavy atom. The number of pyridine rings is 1. The summed E-state index contributed by atoms with van der Waals surface area (Å²) in [4.78, 5) is 34.5. The van der Waals surface area contributed by atoms with Gasteiger partial charge in [-0.3, -0.25) is 15.0 Å². The van der Waals surface area contributed by atoms with Crippen LogP contribution in [0.2, 0.25) is 0 Å². The molecule has 7 heteroatoms. The van der Waals surface area contributed by atoms with Crippen LogP contribution in [0.15, 0.2) is 36.4 Å². The number of fused-ring (bicyclic) bond motifs is 3. The number of likely N-dealkylation sites (tertiary alicyclic amines) is 1. The zero-order valence-electron chi connectivity index (χ0n) is 17.8. The van der Waals surface area contributed by atoms with E-state index in [1.54, 1.807) is 6.07 Å². The molecular weight excluding hydrogens is 390 g/mol. The molecule has 0 radical (unpaired) electrons. The summed E-state index contributed by atoms with van der Waals surface area (Å²) in [6.45, 7) is 3.81. The lowest BCUT2D eigenvalue weighted by atomic mass is 9.96. The van der Waals surface area contributed by atoms with Crippen molar-refractivity contribution in [3.05, 3.63) is 53.2 Å². The van der Waals surface area contributed by atoms with E-state index in [9.17, 15) is 9.59 Å². The lowest BCUT2D eigenvalue weighted by molar-refractivity contribution is 0.0672. The van der Waals surface area contributed by atoms with Gasteiger partial charge in [0.15, 0.2) is 0 Å². The number of rotatable bonds is 4. The number of nitrogens with one attached hydrogen (secondary N) is 2. The van der Waals surface area contributed by atoms with E-state index in [0.717, 1.165) is 56.7 Å². The summed E-state index contributed by atoms with van der Waals surface area (Å²) in [5.41, 5.74) is 3.34. The maximum Gasteiger partial charge on any atom is 0.324 e. The number of nitrogens with zero attached hydrogens (tertiary/aromatic N) is 3. The molecule has 2 N–H and O–H groups in total. The van der Waals surface area contributed by atoms with E-state index >= 15 is 0 Å². The van der Waals surface area contributed by atoms with Gasteiger partial charge in [0.25, 0.3) is 5.91 Å². The smallest absolute Gasteiger partial charge is 0.324 e. The molecule has 4 heterocycles. The van der Waals surface area contributed by atoms with E-state index < -0.39 is 0 Å². The fourth-order valence-electron chi connectivity index (χ4n) is 5.10. The normalized spacial score (nSPS) is 20.8. The molecule has 2 fully saturated rings. The summed E-state index contributed by atoms with van der Waals surface area (Å²) in [7, 11) is 0. The summed E-state index contributed by atoms with van der Waals surface area (Å²) >= 11 is 0. The standard InChI is InChI=1S/C24H29N5O2/c30-23-18-9-7-10-19(22(18)20-11-2-5-15-29(20)23)26-24(31)27-21-12-6-8-17(25-21)16-28-13-3-1-4-14-28/h6-10,12,20H,1-5,11,13-16H2,(H2,25,26,27,31). The van der Waals surface area contributed by atoms with E-state index in [1.807, 2.05) is 35.2 Å². The third-order valence-electron chi connectivity index (χ3n) is 6.56. The first-order valence-corrected chi connectivity index (χ1v) is 11.4. The Bertz CT molecular complexity index is 986. The molecule has 1 aromatic heterocycles. The second-order valence-electron chi connectivity index (χ2n) is 8.71. The van der Waals surface area contributed by atoms with Crippen LogP contribution in [0, 0.1) is 0 Å². The SMILES string of the molecule is O=C(Nc1cccc(CN2CCCCC2)n1)Nc1cccc2c1C1CCCCN1C2=O. The highest BCUT2D eigenvalue weighted by Crippen LogP contribution is 2.43. The molecule has 1 atom stereocenters. The monoisotopic (exact) mass is 419 g/mol. The van der Waals surface area contributed by atoms with Crippen molar-refractivity contribution in [3.8, 4) is 0 Å². The minimum Gasteiger partial charge on any atom is -0.331 e. The van der Waals surface area contributed by atoms with Gasteiger partial charge in [-0.1, -0.05) is 18.6 Å². The lowest BCUT2D eigenvalue weighted by Crippen LogP contribution is -2.32. The fraction of sp³-hybridized carbons (Fsp3) is 0.458. The van der Waals surface area contributed by atoms with Gasteiger partial charge in [-0.15, -0.1) is 0 Å². The van der Waals surface area contributed by atoms with Crippen LogP contribution in [0.5, 0.6) is 0 Å². The van der Waals surface area contributed by atoms with E-state index in [2.05, 4.69) is 20.5 Å². The largest absolute Gasteiger partial charge is 0.331 e. The summed E-state index contributed by atoms with van der Waals surface area (Å²) in [5, 5.41) is 5.83. The highest BCUT2D eigenvalue weighted by atomic mass is 16.2. The van der Waals surface area contributed by atoms with Crippen LogP contribution in [-0.4, -0.2) is 46.4 Å². The van der Waals surface area contributed by atoms with Crippen LogP contribution >= 0.6 is 0 Å². The van der Waals surface area contributed by atoms with Crippen molar-refractivity contribution in [2.75, 3.05) is 30.3 Å². The minimum atomic E-state index is -0.335. The average molecular weight is 420 g/mol. The Hall–Kier alpha value is -2.93. The lowest BCUT2D eigenvalue weighted by Gasteiger charge is -2.30. The van der Waals surface area contributed by atoms with Crippen molar-refractivity contribution in [1.82, 2.24) is 14.8 Å². The molecular formula is C24H29N5O2. The van der Waals surface area contributed by atoms with Crippen molar-refractivity contribution >= 4 is 23.4 Å². The van der Waals surface area contributed by atoms with Crippen LogP contribution in [0.25, 0.3) is 0 Å². The van der Waals surface area contributed by atoms with Crippen LogP contribution in [0.1, 0.15) is 66.2 Å². The summed E-state index contributed by atoms with van der Waals surface area (Å²) in [6.07, 6.45) is 6.87. The second kappa shape index (κ2) is 8.67. The first-order chi connectivity index (χ1) is 15.2. The maximum absolute atomic E-state index is 12.8. The van der Waals surface area contributed by atoms with Crippen LogP contribution in [-0.2, 0) is 6.54 Å². The van der Waals surface area contributed by atoms with Gasteiger partial charge in [-0.25, -0.2) is 9.78 Å². The number of anilines is 2. The Balaban J connectivity index is 1.28. The molecule has 1 aromatic carbocycles. The quantitative estimate of drug-likeness (QED) is 0.770. The predicted octanol–water partition coefficient (Wildman–Crippen LogP) is 4.39. The predicted molar refractivity (Wildman–Crippen MR) is 120 cm³/mol. The molecule has 31 heavy (non-hydrogen) atoms. The molecule has 162 valence electrons. The Morgan fingerprint density at radius 3 is 2.65 bits per heavy atom. The van der Waals surface area contributed by atoms with Gasteiger partial charge in [0.05, 0.1) is 11.7 Å². The maximum atomic E-state index is 12.8. The van der Waals surface area contributed by atoms with Gasteiger partial charge >= 0.3 is 6.03 Å². The number of amides is 3. The van der Waals surface area contributed by atoms with Gasteiger partial charge < -0.3 is 10.2 Å². The third-order valence-corrected chi connectivity index (χ3v) is 6.56. The van der Waals surface area contributed by atoms with Gasteiger partial charge in [-0.2, -0.15) is 0 Å². The number of carbonyl (C=O) groups excluding carboxylic acids is 2. The highest BCUT2D eigenvalue weighted by Gasteiger charge is 2.39. The number of carbonyl (C=O) groups is 2. The molecule has 0 spiro atoms. The Labute approximate surface area is 182 Å². The van der Waals surface area contributed by atoms with Gasteiger partial charge in [0, 0.05) is 29.9 Å². The molecule has 2 aromatic rings. The molecule has 5 rings (SSSR count). The van der Waals surface area contributed by atoms with E-state index in [4.69, 9.17) is 0 Å². The molecule has 0 aliphatic carbocycles. The van der Waals surface area contributed by atoms with Gasteiger partial charge in [0.2, 0.25) is 0 Å². The molecule has 7 nitrogen and oxygen atoms in total. The number of aromatic nitrogens is 1. The van der Waals surface area contributed by atoms with Crippen molar-refractivity contribution in [1.29, 1.82) is 0 Å². The first kappa shape index (κ1) is 20.0. The molecule has 1 unspecified atom stereocenters. The van der Waals surface area contributed by atoms with Crippen LogP contribution in [0.4, 0.5) is 16.3 Å². The first-order valence-electron chi connectivity index (χ1n) is 11.4. The average Bonchev–Trinajstić information content (AvgIpc) is 3.08. The highest BCUT2D eigenvalue weighted by molar-refractivity contribution is 6.04. The summed E-state index contributed by atoms with van der Waals surface area (Å²) < 4.78 is 0. The molecule has 2 saturated heterocycles. The van der Waals surface area contributed by atoms with Crippen LogP contribution in [0.3, 0.4) is 0 Å². The van der Waals surface area contributed by atoms with Crippen molar-refractivity contribution < 1.29 is 9.59 Å². The number of urea groups is 1. The minimum absolute atomic E-state index is 0.0683. The number of hydrogen-bond acceptors (Lipinski definition) is 4. The number of piperidine rings is 2. The van der Waals surface area contributed by atoms with E-state index in [-0.39, 0.29) is 18.0 Å². The molecule has 0 saturated carbocycles. The van der Waals surface area contributed by atoms with E-state index in [1.165, 1.54) is 19.3 Å². The summed E-state index contributed by atoms with van der Waals surface area (Å²) in [5.74, 6) is 0.616. The zero-order valence-corrected chi connectivity index (χ0v) is 17.8. The van der Waals surface area contributed by atoms with Crippen molar-refractivity contribution in [2.45, 2.75) is 51.1 Å². The fourth-order valence-corrected chi connectivity index (χ4v) is 5.10. The molecule has 3 aliphatic rings. The second-order valence-corrected chi connectivity index (χ2v) is 8.71. The van der Waals surface area contributed by atoms with Gasteiger partial charge in [-0.05, 0) is 69.5 Å². The Kier molecular flexibility index (Phi) is 5.59. The van der Waals surface area contributed by atoms with Crippen molar-refractivity contribution in [3.63, 3.8) is 0 Å². The van der Waals surface area contributed by atoms with Crippen LogP contribution < -0.4 is 10.6 Å². The third kappa shape index (κ3) is 4.14.